The lowest BCUT2D eigenvalue weighted by Crippen LogP contribution is -2.35. The number of aromatic nitrogens is 2. The number of amides is 2. The first-order chi connectivity index (χ1) is 16.0. The Morgan fingerprint density at radius 1 is 1.24 bits per heavy atom. The number of carbonyl (C=O) groups is 1. The molecule has 4 rings (SSSR count). The summed E-state index contributed by atoms with van der Waals surface area (Å²) in [5, 5.41) is 3.28. The number of hydrogen-bond donors (Lipinski definition) is 1. The van der Waals surface area contributed by atoms with E-state index < -0.39 is 0 Å². The predicted octanol–water partition coefficient (Wildman–Crippen LogP) is 3.10. The highest BCUT2D eigenvalue weighted by molar-refractivity contribution is 5.76. The Hall–Kier alpha value is -3.72. The molecule has 0 radical (unpaired) electrons. The molecule has 0 saturated carbocycles. The zero-order valence-electron chi connectivity index (χ0n) is 19.1. The van der Waals surface area contributed by atoms with Gasteiger partial charge in [0.05, 0.1) is 18.5 Å². The van der Waals surface area contributed by atoms with Gasteiger partial charge in [-0.3, -0.25) is 9.89 Å². The molecule has 1 saturated heterocycles. The molecule has 1 N–H and O–H groups in total. The summed E-state index contributed by atoms with van der Waals surface area (Å²) in [5.41, 5.74) is 4.67. The topological polar surface area (TPSA) is 86.2 Å². The summed E-state index contributed by atoms with van der Waals surface area (Å²) in [7, 11) is 3.40. The van der Waals surface area contributed by atoms with Crippen molar-refractivity contribution in [2.24, 2.45) is 4.99 Å². The summed E-state index contributed by atoms with van der Waals surface area (Å²) in [4.78, 5) is 31.0. The molecule has 2 amide bonds. The molecule has 0 aliphatic carbocycles. The van der Waals surface area contributed by atoms with Crippen molar-refractivity contribution in [3.05, 3.63) is 65.7 Å². The largest absolute Gasteiger partial charge is 0.497 e. The van der Waals surface area contributed by atoms with Gasteiger partial charge in [0.15, 0.2) is 0 Å². The normalized spacial score (nSPS) is 16.2. The van der Waals surface area contributed by atoms with Crippen molar-refractivity contribution in [3.63, 3.8) is 0 Å². The number of urea groups is 1. The molecule has 2 aliphatic heterocycles. The van der Waals surface area contributed by atoms with Crippen LogP contribution in [0, 0.1) is 0 Å². The van der Waals surface area contributed by atoms with E-state index in [0.29, 0.717) is 23.1 Å². The fourth-order valence-corrected chi connectivity index (χ4v) is 3.98. The van der Waals surface area contributed by atoms with Crippen LogP contribution in [0.15, 0.2) is 53.9 Å². The van der Waals surface area contributed by atoms with Gasteiger partial charge in [0.1, 0.15) is 5.76 Å². The molecule has 33 heavy (non-hydrogen) atoms. The lowest BCUT2D eigenvalue weighted by atomic mass is 10.1. The Bertz CT molecular complexity index is 1100. The van der Waals surface area contributed by atoms with Gasteiger partial charge in [0, 0.05) is 64.3 Å². The van der Waals surface area contributed by atoms with Gasteiger partial charge in [-0.2, -0.15) is 0 Å². The molecule has 3 heterocycles. The average Bonchev–Trinajstić information content (AvgIpc) is 3.38. The van der Waals surface area contributed by atoms with Gasteiger partial charge in [-0.1, -0.05) is 12.6 Å². The van der Waals surface area contributed by atoms with Gasteiger partial charge < -0.3 is 19.9 Å². The van der Waals surface area contributed by atoms with Crippen LogP contribution >= 0.6 is 0 Å². The molecule has 0 unspecified atom stereocenters. The molecule has 1 aromatic heterocycles. The molecule has 2 aliphatic rings. The van der Waals surface area contributed by atoms with E-state index >= 15 is 0 Å². The number of nitrogens with zero attached hydrogens (tertiary/aromatic N) is 6. The third-order valence-corrected chi connectivity index (χ3v) is 5.89. The molecule has 2 aromatic rings. The molecule has 1 fully saturated rings. The van der Waals surface area contributed by atoms with Crippen molar-refractivity contribution in [3.8, 4) is 0 Å². The minimum atomic E-state index is 0.122. The maximum Gasteiger partial charge on any atom is 0.319 e. The van der Waals surface area contributed by atoms with E-state index in [-0.39, 0.29) is 6.03 Å². The fraction of sp³-hybridized carbons (Fsp3) is 0.333. The van der Waals surface area contributed by atoms with Crippen LogP contribution in [0.5, 0.6) is 0 Å². The fourth-order valence-electron chi connectivity index (χ4n) is 3.98. The van der Waals surface area contributed by atoms with E-state index in [1.165, 1.54) is 11.1 Å². The molecular weight excluding hydrogens is 418 g/mol. The minimum Gasteiger partial charge on any atom is -0.497 e. The van der Waals surface area contributed by atoms with Gasteiger partial charge in [-0.05, 0) is 36.0 Å². The second-order valence-corrected chi connectivity index (χ2v) is 8.13. The van der Waals surface area contributed by atoms with Gasteiger partial charge in [0.2, 0.25) is 5.95 Å². The first kappa shape index (κ1) is 22.5. The second kappa shape index (κ2) is 9.83. The number of carbonyl (C=O) groups excluding carboxylic acids is 1. The van der Waals surface area contributed by atoms with E-state index in [1.54, 1.807) is 30.3 Å². The number of fused-ring (bicyclic) bond motifs is 1. The molecule has 0 bridgehead atoms. The van der Waals surface area contributed by atoms with Crippen LogP contribution in [0.4, 0.5) is 16.4 Å². The number of aliphatic imine (C=N–C) groups is 1. The van der Waals surface area contributed by atoms with E-state index in [2.05, 4.69) is 50.6 Å². The second-order valence-electron chi connectivity index (χ2n) is 8.13. The Morgan fingerprint density at radius 3 is 2.79 bits per heavy atom. The SMILES string of the molecule is C=N/C(=C\C(=C)OC)c1ccnc(Nc2ccc3c(c2)CN(CCN2CCN(C)C2=O)C3)n1. The number of rotatable bonds is 9. The Balaban J connectivity index is 1.40. The number of anilines is 2. The number of hydrogen-bond acceptors (Lipinski definition) is 7. The summed E-state index contributed by atoms with van der Waals surface area (Å²) >= 11 is 0. The zero-order chi connectivity index (χ0) is 23.4. The van der Waals surface area contributed by atoms with Gasteiger partial charge in [-0.25, -0.2) is 14.8 Å². The molecule has 9 nitrogen and oxygen atoms in total. The van der Waals surface area contributed by atoms with Gasteiger partial charge >= 0.3 is 6.03 Å². The molecule has 9 heteroatoms. The summed E-state index contributed by atoms with van der Waals surface area (Å²) in [6.07, 6.45) is 3.35. The van der Waals surface area contributed by atoms with Crippen molar-refractivity contribution >= 4 is 30.1 Å². The van der Waals surface area contributed by atoms with Crippen LogP contribution in [0.3, 0.4) is 0 Å². The molecule has 0 spiro atoms. The average molecular weight is 448 g/mol. The highest BCUT2D eigenvalue weighted by Gasteiger charge is 2.26. The number of nitrogens with one attached hydrogen (secondary N) is 1. The van der Waals surface area contributed by atoms with Crippen molar-refractivity contribution in [2.75, 3.05) is 45.7 Å². The molecular formula is C24H29N7O2. The Kier molecular flexibility index (Phi) is 6.69. The summed E-state index contributed by atoms with van der Waals surface area (Å²) < 4.78 is 5.09. The standard InChI is InChI=1S/C24H29N7O2/c1-17(33-4)13-22(25-2)21-7-8-26-23(28-21)27-20-6-5-18-15-30(16-19(18)14-20)10-12-31-11-9-29(3)24(31)32/h5-8,13-14H,1-2,9-12,15-16H2,3-4H3,(H,26,27,28)/b22-13-. The molecule has 172 valence electrons. The van der Waals surface area contributed by atoms with E-state index in [9.17, 15) is 4.79 Å². The summed E-state index contributed by atoms with van der Waals surface area (Å²) in [5.74, 6) is 0.936. The van der Waals surface area contributed by atoms with E-state index in [1.807, 2.05) is 18.0 Å². The first-order valence-electron chi connectivity index (χ1n) is 10.8. The molecule has 1 aromatic carbocycles. The highest BCUT2D eigenvalue weighted by Crippen LogP contribution is 2.27. The lowest BCUT2D eigenvalue weighted by molar-refractivity contribution is 0.187. The van der Waals surface area contributed by atoms with Crippen molar-refractivity contribution in [1.82, 2.24) is 24.7 Å². The minimum absolute atomic E-state index is 0.122. The first-order valence-corrected chi connectivity index (χ1v) is 10.8. The van der Waals surface area contributed by atoms with Crippen LogP contribution < -0.4 is 5.32 Å². The number of methoxy groups -OCH3 is 1. The van der Waals surface area contributed by atoms with Crippen LogP contribution in [0.25, 0.3) is 5.70 Å². The number of allylic oxidation sites excluding steroid dienone is 1. The smallest absolute Gasteiger partial charge is 0.319 e. The third kappa shape index (κ3) is 5.20. The summed E-state index contributed by atoms with van der Waals surface area (Å²) in [6, 6.07) is 8.19. The number of benzene rings is 1. The number of ether oxygens (including phenoxy) is 1. The van der Waals surface area contributed by atoms with Crippen molar-refractivity contribution in [2.45, 2.75) is 13.1 Å². The van der Waals surface area contributed by atoms with E-state index in [4.69, 9.17) is 4.74 Å². The van der Waals surface area contributed by atoms with Crippen LogP contribution in [0.2, 0.25) is 0 Å². The highest BCUT2D eigenvalue weighted by atomic mass is 16.5. The van der Waals surface area contributed by atoms with Crippen molar-refractivity contribution < 1.29 is 9.53 Å². The maximum atomic E-state index is 12.1. The Labute approximate surface area is 194 Å². The van der Waals surface area contributed by atoms with Crippen molar-refractivity contribution in [1.29, 1.82) is 0 Å². The zero-order valence-corrected chi connectivity index (χ0v) is 19.1. The number of likely N-dealkylation sites (N-methyl/N-ethyl adjacent to an activating group) is 1. The van der Waals surface area contributed by atoms with Gasteiger partial charge in [-0.15, -0.1) is 0 Å². The van der Waals surface area contributed by atoms with E-state index in [0.717, 1.165) is 45.0 Å². The lowest BCUT2D eigenvalue weighted by Gasteiger charge is -2.20. The quantitative estimate of drug-likeness (QED) is 0.361. The monoisotopic (exact) mass is 447 g/mol. The molecule has 0 atom stereocenters. The van der Waals surface area contributed by atoms with Crippen LogP contribution in [0.1, 0.15) is 16.8 Å². The third-order valence-electron chi connectivity index (χ3n) is 5.89. The predicted molar refractivity (Wildman–Crippen MR) is 129 cm³/mol. The summed E-state index contributed by atoms with van der Waals surface area (Å²) in [6.45, 7) is 12.4. The van der Waals surface area contributed by atoms with Crippen LogP contribution in [-0.2, 0) is 17.8 Å². The Morgan fingerprint density at radius 2 is 2.06 bits per heavy atom. The van der Waals surface area contributed by atoms with Crippen LogP contribution in [-0.4, -0.2) is 77.8 Å². The van der Waals surface area contributed by atoms with Gasteiger partial charge in [0.25, 0.3) is 0 Å². The maximum absolute atomic E-state index is 12.1.